The average Bonchev–Trinajstić information content (AvgIpc) is 3.73. The molecular formula is C37H51FN7O6P. The van der Waals surface area contributed by atoms with E-state index in [1.807, 2.05) is 39.0 Å². The van der Waals surface area contributed by atoms with Crippen LogP contribution in [-0.4, -0.2) is 72.1 Å². The normalized spacial score (nSPS) is 15.6. The van der Waals surface area contributed by atoms with Crippen LogP contribution >= 0.6 is 7.82 Å². The molecule has 5 N–H and O–H groups in total. The average molecular weight is 740 g/mol. The lowest BCUT2D eigenvalue weighted by atomic mass is 9.73. The summed E-state index contributed by atoms with van der Waals surface area (Å²) < 4.78 is 37.4. The van der Waals surface area contributed by atoms with E-state index in [9.17, 15) is 23.5 Å². The van der Waals surface area contributed by atoms with Crippen LogP contribution in [0.1, 0.15) is 79.3 Å². The van der Waals surface area contributed by atoms with Crippen molar-refractivity contribution in [1.29, 1.82) is 0 Å². The first-order chi connectivity index (χ1) is 24.5. The third kappa shape index (κ3) is 10.8. The van der Waals surface area contributed by atoms with E-state index in [2.05, 4.69) is 56.5 Å². The Kier molecular flexibility index (Phi) is 12.4. The van der Waals surface area contributed by atoms with E-state index in [1.165, 1.54) is 24.5 Å². The van der Waals surface area contributed by atoms with Crippen LogP contribution in [0.5, 0.6) is 5.75 Å². The van der Waals surface area contributed by atoms with Gasteiger partial charge in [-0.1, -0.05) is 60.5 Å². The van der Waals surface area contributed by atoms with Crippen molar-refractivity contribution in [2.75, 3.05) is 23.8 Å². The Labute approximate surface area is 304 Å². The van der Waals surface area contributed by atoms with Crippen molar-refractivity contribution < 1.29 is 32.8 Å². The summed E-state index contributed by atoms with van der Waals surface area (Å²) in [4.78, 5) is 43.5. The summed E-state index contributed by atoms with van der Waals surface area (Å²) in [6.45, 7) is 13.4. The Hall–Kier alpha value is -3.94. The van der Waals surface area contributed by atoms with Gasteiger partial charge in [0.15, 0.2) is 5.82 Å². The predicted molar refractivity (Wildman–Crippen MR) is 199 cm³/mol. The summed E-state index contributed by atoms with van der Waals surface area (Å²) in [6, 6.07) is 13.0. The zero-order chi connectivity index (χ0) is 37.7. The molecule has 1 amide bonds. The van der Waals surface area contributed by atoms with Crippen LogP contribution in [0, 0.1) is 16.6 Å². The molecule has 2 aromatic heterocycles. The number of anilines is 3. The molecule has 0 bridgehead atoms. The molecule has 1 aliphatic carbocycles. The first kappa shape index (κ1) is 39.3. The molecule has 2 aromatic carbocycles. The number of H-pyrrole nitrogens is 1. The van der Waals surface area contributed by atoms with Crippen molar-refractivity contribution >= 4 is 42.0 Å². The zero-order valence-electron chi connectivity index (χ0n) is 30.7. The zero-order valence-corrected chi connectivity index (χ0v) is 31.6. The van der Waals surface area contributed by atoms with Gasteiger partial charge >= 0.3 is 7.82 Å². The van der Waals surface area contributed by atoms with Gasteiger partial charge in [0.2, 0.25) is 5.91 Å². The van der Waals surface area contributed by atoms with Crippen LogP contribution in [0.2, 0.25) is 0 Å². The SMILES string of the molecule is CC(C)(C)C(OP(=O)(O)O)C(N(CCCOc1ccc2c(Nc3cc(CC(=O)Nc4cccc(F)c4)[nH]n3)ncnc2c1)C1CCCC1)C(C)(C)C. The number of amides is 1. The van der Waals surface area contributed by atoms with Gasteiger partial charge in [-0.3, -0.25) is 19.3 Å². The standard InChI is InChI=1S/C37H51FN7O6P/c1-36(2,3)33(34(37(4,5)6)51-52(47,48)49)45(27-13-7-8-14-27)17-10-18-50-28-15-16-29-30(22-28)39-23-40-35(29)42-31-20-26(43-44-31)21-32(46)41-25-12-9-11-24(38)19-25/h9,11-12,15-16,19-20,22-23,27,33-34H,7-8,10,13-14,17-18,21H2,1-6H3,(H,41,46)(H2,47,48,49)(H2,39,40,42,43,44). The van der Waals surface area contributed by atoms with Crippen LogP contribution in [0.25, 0.3) is 10.9 Å². The second kappa shape index (κ2) is 16.4. The summed E-state index contributed by atoms with van der Waals surface area (Å²) in [5, 5.41) is 13.7. The highest BCUT2D eigenvalue weighted by molar-refractivity contribution is 7.46. The van der Waals surface area contributed by atoms with Crippen LogP contribution in [0.15, 0.2) is 54.9 Å². The lowest BCUT2D eigenvalue weighted by Gasteiger charge is -2.50. The van der Waals surface area contributed by atoms with Gasteiger partial charge in [-0.15, -0.1) is 0 Å². The van der Waals surface area contributed by atoms with Crippen molar-refractivity contribution in [1.82, 2.24) is 25.1 Å². The summed E-state index contributed by atoms with van der Waals surface area (Å²) >= 11 is 0. The largest absolute Gasteiger partial charge is 0.493 e. The second-order valence-electron chi connectivity index (χ2n) is 15.6. The molecule has 0 spiro atoms. The Morgan fingerprint density at radius 2 is 1.81 bits per heavy atom. The number of fused-ring (bicyclic) bond motifs is 1. The Morgan fingerprint density at radius 1 is 1.06 bits per heavy atom. The van der Waals surface area contributed by atoms with E-state index >= 15 is 0 Å². The number of halogens is 1. The maximum Gasteiger partial charge on any atom is 0.469 e. The van der Waals surface area contributed by atoms with Gasteiger partial charge in [0, 0.05) is 47.5 Å². The molecule has 0 radical (unpaired) electrons. The van der Waals surface area contributed by atoms with Crippen molar-refractivity contribution in [2.45, 2.75) is 98.3 Å². The number of benzene rings is 2. The predicted octanol–water partition coefficient (Wildman–Crippen LogP) is 7.37. The maximum atomic E-state index is 13.5. The molecule has 5 rings (SSSR count). The first-order valence-corrected chi connectivity index (χ1v) is 19.2. The quantitative estimate of drug-likeness (QED) is 0.0608. The second-order valence-corrected chi connectivity index (χ2v) is 16.8. The summed E-state index contributed by atoms with van der Waals surface area (Å²) in [7, 11) is -4.74. The number of hydrogen-bond donors (Lipinski definition) is 5. The van der Waals surface area contributed by atoms with E-state index in [4.69, 9.17) is 9.26 Å². The molecule has 4 aromatic rings. The van der Waals surface area contributed by atoms with Gasteiger partial charge in [-0.2, -0.15) is 5.10 Å². The minimum atomic E-state index is -4.74. The molecule has 0 saturated heterocycles. The summed E-state index contributed by atoms with van der Waals surface area (Å²) in [5.74, 6) is 0.905. The number of aromatic amines is 1. The maximum absolute atomic E-state index is 13.5. The number of carbonyl (C=O) groups is 1. The van der Waals surface area contributed by atoms with Crippen molar-refractivity contribution in [3.8, 4) is 5.75 Å². The van der Waals surface area contributed by atoms with E-state index in [1.54, 1.807) is 12.1 Å². The third-order valence-electron chi connectivity index (χ3n) is 9.20. The van der Waals surface area contributed by atoms with Crippen LogP contribution in [-0.2, 0) is 20.3 Å². The van der Waals surface area contributed by atoms with E-state index in [0.29, 0.717) is 59.9 Å². The minimum Gasteiger partial charge on any atom is -0.493 e. The Morgan fingerprint density at radius 3 is 2.48 bits per heavy atom. The molecular weight excluding hydrogens is 688 g/mol. The lowest BCUT2D eigenvalue weighted by Crippen LogP contribution is -2.59. The van der Waals surface area contributed by atoms with Crippen molar-refractivity contribution in [3.05, 3.63) is 66.4 Å². The van der Waals surface area contributed by atoms with Gasteiger partial charge in [0.05, 0.1) is 24.6 Å². The van der Waals surface area contributed by atoms with Gasteiger partial charge in [0.1, 0.15) is 23.7 Å². The summed E-state index contributed by atoms with van der Waals surface area (Å²) in [5.41, 5.74) is 0.766. The molecule has 2 heterocycles. The van der Waals surface area contributed by atoms with Crippen LogP contribution < -0.4 is 15.4 Å². The minimum absolute atomic E-state index is 0.0179. The van der Waals surface area contributed by atoms with Crippen molar-refractivity contribution in [3.63, 3.8) is 0 Å². The fraction of sp³-hybridized carbons (Fsp3) is 0.514. The molecule has 2 atom stereocenters. The number of phosphoric acid groups is 1. The Balaban J connectivity index is 1.22. The number of carbonyl (C=O) groups excluding carboxylic acids is 1. The van der Waals surface area contributed by atoms with Gasteiger partial charge < -0.3 is 25.2 Å². The topological polar surface area (TPSA) is 175 Å². The fourth-order valence-corrected chi connectivity index (χ4v) is 7.72. The molecule has 52 heavy (non-hydrogen) atoms. The number of rotatable bonds is 15. The molecule has 282 valence electrons. The van der Waals surface area contributed by atoms with Crippen LogP contribution in [0.4, 0.5) is 21.7 Å². The molecule has 0 aliphatic heterocycles. The molecule has 2 unspecified atom stereocenters. The number of phosphoric ester groups is 1. The molecule has 1 fully saturated rings. The highest BCUT2D eigenvalue weighted by Gasteiger charge is 2.47. The lowest BCUT2D eigenvalue weighted by molar-refractivity contribution is -0.115. The van der Waals surface area contributed by atoms with Gasteiger partial charge in [-0.05, 0) is 60.4 Å². The summed E-state index contributed by atoms with van der Waals surface area (Å²) in [6.07, 6.45) is 5.79. The van der Waals surface area contributed by atoms with E-state index < -0.39 is 25.2 Å². The molecule has 15 heteroatoms. The molecule has 1 aliphatic rings. The first-order valence-electron chi connectivity index (χ1n) is 17.7. The monoisotopic (exact) mass is 739 g/mol. The number of hydrogen-bond acceptors (Lipinski definition) is 9. The highest BCUT2D eigenvalue weighted by atomic mass is 31.2. The Bertz CT molecular complexity index is 1870. The fourth-order valence-electron chi connectivity index (χ4n) is 6.99. The number of nitrogens with zero attached hydrogens (tertiary/aromatic N) is 4. The number of aromatic nitrogens is 4. The number of ether oxygens (including phenoxy) is 1. The molecule has 1 saturated carbocycles. The van der Waals surface area contributed by atoms with Gasteiger partial charge in [-0.25, -0.2) is 18.9 Å². The van der Waals surface area contributed by atoms with Gasteiger partial charge in [0.25, 0.3) is 0 Å². The van der Waals surface area contributed by atoms with Crippen LogP contribution in [0.3, 0.4) is 0 Å². The highest BCUT2D eigenvalue weighted by Crippen LogP contribution is 2.48. The number of nitrogens with one attached hydrogen (secondary N) is 3. The smallest absolute Gasteiger partial charge is 0.469 e. The van der Waals surface area contributed by atoms with E-state index in [0.717, 1.165) is 31.1 Å². The van der Waals surface area contributed by atoms with Crippen molar-refractivity contribution in [2.24, 2.45) is 10.8 Å². The molecule has 13 nitrogen and oxygen atoms in total. The third-order valence-corrected chi connectivity index (χ3v) is 9.71. The van der Waals surface area contributed by atoms with E-state index in [-0.39, 0.29) is 23.8 Å².